The van der Waals surface area contributed by atoms with Crippen molar-refractivity contribution in [2.75, 3.05) is 0 Å². The van der Waals surface area contributed by atoms with E-state index in [4.69, 9.17) is 23.2 Å². The summed E-state index contributed by atoms with van der Waals surface area (Å²) in [5.41, 5.74) is 0.470. The van der Waals surface area contributed by atoms with Crippen molar-refractivity contribution in [2.45, 2.75) is 13.0 Å². The SMILES string of the molecule is CC(C(=O)c1ccc(Cl)cc1Cl)n1ccnc1.Cl. The lowest BCUT2D eigenvalue weighted by Gasteiger charge is -2.12. The van der Waals surface area contributed by atoms with E-state index in [9.17, 15) is 4.79 Å². The smallest absolute Gasteiger partial charge is 0.186 e. The fraction of sp³-hybridized carbons (Fsp3) is 0.167. The summed E-state index contributed by atoms with van der Waals surface area (Å²) in [7, 11) is 0. The highest BCUT2D eigenvalue weighted by atomic mass is 35.5. The minimum absolute atomic E-state index is 0. The van der Waals surface area contributed by atoms with Crippen LogP contribution in [0.2, 0.25) is 10.0 Å². The first kappa shape index (κ1) is 15.0. The number of Topliss-reactive ketones (excluding diaryl/α,β-unsaturated/α-hetero) is 1. The maximum absolute atomic E-state index is 12.2. The molecule has 0 amide bonds. The summed E-state index contributed by atoms with van der Waals surface area (Å²) >= 11 is 11.8. The minimum atomic E-state index is -0.337. The van der Waals surface area contributed by atoms with Crippen LogP contribution >= 0.6 is 35.6 Å². The van der Waals surface area contributed by atoms with Gasteiger partial charge in [-0.2, -0.15) is 0 Å². The molecule has 2 rings (SSSR count). The summed E-state index contributed by atoms with van der Waals surface area (Å²) in [6.07, 6.45) is 4.98. The van der Waals surface area contributed by atoms with Crippen molar-refractivity contribution in [2.24, 2.45) is 0 Å². The van der Waals surface area contributed by atoms with Gasteiger partial charge in [-0.05, 0) is 25.1 Å². The van der Waals surface area contributed by atoms with Crippen molar-refractivity contribution in [3.8, 4) is 0 Å². The molecule has 0 N–H and O–H groups in total. The van der Waals surface area contributed by atoms with E-state index in [1.54, 1.807) is 48.4 Å². The molecule has 1 atom stereocenters. The molecule has 3 nitrogen and oxygen atoms in total. The molecular formula is C12H11Cl3N2O. The van der Waals surface area contributed by atoms with Gasteiger partial charge in [0.05, 0.1) is 17.4 Å². The lowest BCUT2D eigenvalue weighted by molar-refractivity contribution is 0.0935. The zero-order valence-electron chi connectivity index (χ0n) is 9.51. The Kier molecular flexibility index (Phi) is 5.20. The molecule has 2 aromatic rings. The van der Waals surface area contributed by atoms with Crippen LogP contribution in [-0.2, 0) is 0 Å². The first-order chi connectivity index (χ1) is 8.09. The van der Waals surface area contributed by atoms with Crippen LogP contribution in [0, 0.1) is 0 Å². The highest BCUT2D eigenvalue weighted by Gasteiger charge is 2.18. The normalized spacial score (nSPS) is 11.7. The van der Waals surface area contributed by atoms with Gasteiger partial charge in [0.2, 0.25) is 0 Å². The monoisotopic (exact) mass is 304 g/mol. The Morgan fingerprint density at radius 3 is 2.67 bits per heavy atom. The number of rotatable bonds is 3. The molecular weight excluding hydrogens is 295 g/mol. The lowest BCUT2D eigenvalue weighted by atomic mass is 10.1. The highest BCUT2D eigenvalue weighted by Crippen LogP contribution is 2.24. The third-order valence-electron chi connectivity index (χ3n) is 2.55. The maximum atomic E-state index is 12.2. The van der Waals surface area contributed by atoms with Gasteiger partial charge >= 0.3 is 0 Å². The molecule has 1 aromatic heterocycles. The molecule has 0 bridgehead atoms. The standard InChI is InChI=1S/C12H10Cl2N2O.ClH/c1-8(16-5-4-15-7-16)12(17)10-3-2-9(13)6-11(10)14;/h2-8H,1H3;1H. The summed E-state index contributed by atoms with van der Waals surface area (Å²) in [5, 5.41) is 0.885. The fourth-order valence-corrected chi connectivity index (χ4v) is 2.05. The van der Waals surface area contributed by atoms with Gasteiger partial charge in [0.1, 0.15) is 0 Å². The van der Waals surface area contributed by atoms with Crippen LogP contribution in [-0.4, -0.2) is 15.3 Å². The van der Waals surface area contributed by atoms with Crippen LogP contribution in [0.15, 0.2) is 36.9 Å². The summed E-state index contributed by atoms with van der Waals surface area (Å²) < 4.78 is 1.73. The summed E-state index contributed by atoms with van der Waals surface area (Å²) in [4.78, 5) is 16.1. The Morgan fingerprint density at radius 1 is 1.39 bits per heavy atom. The Bertz CT molecular complexity index is 540. The number of benzene rings is 1. The fourth-order valence-electron chi connectivity index (χ4n) is 1.55. The summed E-state index contributed by atoms with van der Waals surface area (Å²) in [6.45, 7) is 1.80. The van der Waals surface area contributed by atoms with Crippen molar-refractivity contribution in [3.05, 3.63) is 52.5 Å². The number of hydrogen-bond acceptors (Lipinski definition) is 2. The van der Waals surface area contributed by atoms with Crippen LogP contribution in [0.1, 0.15) is 23.3 Å². The van der Waals surface area contributed by atoms with E-state index >= 15 is 0 Å². The van der Waals surface area contributed by atoms with Gasteiger partial charge in [0, 0.05) is 23.0 Å². The number of halogens is 3. The van der Waals surface area contributed by atoms with Gasteiger partial charge in [-0.1, -0.05) is 23.2 Å². The highest BCUT2D eigenvalue weighted by molar-refractivity contribution is 6.36. The second-order valence-corrected chi connectivity index (χ2v) is 4.52. The number of nitrogens with zero attached hydrogens (tertiary/aromatic N) is 2. The van der Waals surface area contributed by atoms with E-state index in [1.165, 1.54) is 0 Å². The van der Waals surface area contributed by atoms with Gasteiger partial charge in [-0.15, -0.1) is 12.4 Å². The molecule has 1 unspecified atom stereocenters. The average Bonchev–Trinajstić information content (AvgIpc) is 2.80. The average molecular weight is 306 g/mol. The zero-order chi connectivity index (χ0) is 12.4. The molecule has 0 aliphatic heterocycles. The van der Waals surface area contributed by atoms with E-state index in [0.29, 0.717) is 15.6 Å². The van der Waals surface area contributed by atoms with Crippen molar-refractivity contribution in [3.63, 3.8) is 0 Å². The first-order valence-electron chi connectivity index (χ1n) is 5.06. The summed E-state index contributed by atoms with van der Waals surface area (Å²) in [5.74, 6) is -0.0651. The third kappa shape index (κ3) is 3.05. The predicted molar refractivity (Wildman–Crippen MR) is 75.0 cm³/mol. The Balaban J connectivity index is 0.00000162. The van der Waals surface area contributed by atoms with Crippen molar-refractivity contribution < 1.29 is 4.79 Å². The second-order valence-electron chi connectivity index (χ2n) is 3.67. The van der Waals surface area contributed by atoms with Crippen molar-refractivity contribution >= 4 is 41.4 Å². The maximum Gasteiger partial charge on any atom is 0.186 e. The molecule has 0 aliphatic rings. The minimum Gasteiger partial charge on any atom is -0.327 e. The second kappa shape index (κ2) is 6.23. The Hall–Kier alpha value is -1.03. The molecule has 0 saturated heterocycles. The van der Waals surface area contributed by atoms with Crippen LogP contribution in [0.4, 0.5) is 0 Å². The Morgan fingerprint density at radius 2 is 2.11 bits per heavy atom. The topological polar surface area (TPSA) is 34.9 Å². The predicted octanol–water partition coefficient (Wildman–Crippen LogP) is 4.06. The number of carbonyl (C=O) groups excluding carboxylic acids is 1. The van der Waals surface area contributed by atoms with Gasteiger partial charge < -0.3 is 4.57 Å². The lowest BCUT2D eigenvalue weighted by Crippen LogP contribution is -2.15. The van der Waals surface area contributed by atoms with E-state index in [1.807, 2.05) is 0 Å². The molecule has 1 heterocycles. The number of carbonyl (C=O) groups is 1. The zero-order valence-corrected chi connectivity index (χ0v) is 11.8. The largest absolute Gasteiger partial charge is 0.327 e. The van der Waals surface area contributed by atoms with E-state index in [-0.39, 0.29) is 24.2 Å². The molecule has 1 aromatic carbocycles. The number of aromatic nitrogens is 2. The molecule has 0 fully saturated rings. The van der Waals surface area contributed by atoms with E-state index < -0.39 is 0 Å². The van der Waals surface area contributed by atoms with Gasteiger partial charge in [0.25, 0.3) is 0 Å². The van der Waals surface area contributed by atoms with Gasteiger partial charge in [-0.3, -0.25) is 4.79 Å². The van der Waals surface area contributed by atoms with Crippen LogP contribution in [0.3, 0.4) is 0 Å². The molecule has 0 aliphatic carbocycles. The number of hydrogen-bond donors (Lipinski definition) is 0. The van der Waals surface area contributed by atoms with Crippen molar-refractivity contribution in [1.82, 2.24) is 9.55 Å². The Labute approximate surface area is 121 Å². The molecule has 0 radical (unpaired) electrons. The molecule has 96 valence electrons. The molecule has 0 saturated carbocycles. The molecule has 18 heavy (non-hydrogen) atoms. The van der Waals surface area contributed by atoms with E-state index in [0.717, 1.165) is 0 Å². The van der Waals surface area contributed by atoms with Gasteiger partial charge in [-0.25, -0.2) is 4.98 Å². The van der Waals surface area contributed by atoms with Crippen LogP contribution < -0.4 is 0 Å². The molecule has 6 heteroatoms. The first-order valence-corrected chi connectivity index (χ1v) is 5.82. The third-order valence-corrected chi connectivity index (χ3v) is 3.10. The summed E-state index contributed by atoms with van der Waals surface area (Å²) in [6, 6.07) is 4.52. The number of ketones is 1. The molecule has 0 spiro atoms. The van der Waals surface area contributed by atoms with Gasteiger partial charge in [0.15, 0.2) is 5.78 Å². The quantitative estimate of drug-likeness (QED) is 0.802. The van der Waals surface area contributed by atoms with Crippen molar-refractivity contribution in [1.29, 1.82) is 0 Å². The number of imidazole rings is 1. The van der Waals surface area contributed by atoms with Crippen LogP contribution in [0.5, 0.6) is 0 Å². The van der Waals surface area contributed by atoms with Crippen LogP contribution in [0.25, 0.3) is 0 Å². The van der Waals surface area contributed by atoms with E-state index in [2.05, 4.69) is 4.98 Å².